The van der Waals surface area contributed by atoms with Crippen molar-refractivity contribution >= 4 is 21.2 Å². The molecule has 0 N–H and O–H groups in total. The lowest BCUT2D eigenvalue weighted by atomic mass is 10.0. The van der Waals surface area contributed by atoms with Gasteiger partial charge in [0.2, 0.25) is 15.7 Å². The summed E-state index contributed by atoms with van der Waals surface area (Å²) in [4.78, 5) is 9.25. The van der Waals surface area contributed by atoms with E-state index in [0.29, 0.717) is 28.1 Å². The minimum atomic E-state index is -3.47. The van der Waals surface area contributed by atoms with Crippen LogP contribution in [0, 0.1) is 0 Å². The summed E-state index contributed by atoms with van der Waals surface area (Å²) in [6.45, 7) is 0.661. The molecule has 0 bridgehead atoms. The average molecular weight is 468 g/mol. The van der Waals surface area contributed by atoms with Gasteiger partial charge in [-0.3, -0.25) is 0 Å². The molecule has 0 saturated carbocycles. The molecule has 0 fully saturated rings. The molecule has 2 aliphatic rings. The third-order valence-corrected chi connectivity index (χ3v) is 7.96. The molecule has 3 heterocycles. The summed E-state index contributed by atoms with van der Waals surface area (Å²) in [6, 6.07) is 26.2. The Balaban J connectivity index is 1.33. The minimum absolute atomic E-state index is 0.370. The highest BCUT2D eigenvalue weighted by Crippen LogP contribution is 2.44. The molecule has 0 spiro atoms. The Morgan fingerprint density at radius 2 is 1.68 bits per heavy atom. The normalized spacial score (nSPS) is 15.6. The zero-order valence-electron chi connectivity index (χ0n) is 18.4. The molecule has 0 saturated heterocycles. The Kier molecular flexibility index (Phi) is 4.67. The van der Waals surface area contributed by atoms with E-state index in [2.05, 4.69) is 21.0 Å². The van der Waals surface area contributed by atoms with Gasteiger partial charge in [0.05, 0.1) is 22.2 Å². The van der Waals surface area contributed by atoms with Crippen molar-refractivity contribution in [2.24, 2.45) is 0 Å². The molecule has 6 nitrogen and oxygen atoms in total. The number of ether oxygens (including phenoxy) is 1. The number of nitrogens with zero attached hydrogens (tertiary/aromatic N) is 3. The molecule has 2 aliphatic heterocycles. The number of sulfone groups is 1. The Morgan fingerprint density at radius 3 is 2.53 bits per heavy atom. The van der Waals surface area contributed by atoms with Gasteiger partial charge in [-0.2, -0.15) is 0 Å². The number of pyridine rings is 1. The minimum Gasteiger partial charge on any atom is -0.439 e. The van der Waals surface area contributed by atoms with Crippen molar-refractivity contribution < 1.29 is 13.2 Å². The number of benzene rings is 3. The fourth-order valence-corrected chi connectivity index (χ4v) is 6.14. The van der Waals surface area contributed by atoms with E-state index in [1.54, 1.807) is 24.4 Å². The van der Waals surface area contributed by atoms with Gasteiger partial charge in [0.15, 0.2) is 0 Å². The largest absolute Gasteiger partial charge is 0.439 e. The first-order valence-corrected chi connectivity index (χ1v) is 12.4. The molecule has 6 rings (SSSR count). The summed E-state index contributed by atoms with van der Waals surface area (Å²) in [6.07, 6.45) is 3.78. The zero-order chi connectivity index (χ0) is 23.3. The molecule has 34 heavy (non-hydrogen) atoms. The summed E-state index contributed by atoms with van der Waals surface area (Å²) in [5.41, 5.74) is 4.49. The van der Waals surface area contributed by atoms with Crippen molar-refractivity contribution in [2.45, 2.75) is 9.79 Å². The third-order valence-electron chi connectivity index (χ3n) is 6.09. The topological polar surface area (TPSA) is 62.7 Å². The second kappa shape index (κ2) is 7.74. The molecule has 1 aromatic heterocycles. The van der Waals surface area contributed by atoms with Crippen LogP contribution in [0.1, 0.15) is 5.56 Å². The van der Waals surface area contributed by atoms with Crippen molar-refractivity contribution in [3.63, 3.8) is 0 Å². The predicted octanol–water partition coefficient (Wildman–Crippen LogP) is 5.40. The summed E-state index contributed by atoms with van der Waals surface area (Å²) < 4.78 is 31.7. The van der Waals surface area contributed by atoms with Crippen LogP contribution >= 0.6 is 0 Å². The van der Waals surface area contributed by atoms with E-state index in [9.17, 15) is 8.42 Å². The molecule has 0 atom stereocenters. The monoisotopic (exact) mass is 467 g/mol. The first kappa shape index (κ1) is 20.5. The Morgan fingerprint density at radius 1 is 0.853 bits per heavy atom. The van der Waals surface area contributed by atoms with Crippen LogP contribution in [0.3, 0.4) is 0 Å². The van der Waals surface area contributed by atoms with Crippen LogP contribution in [0.5, 0.6) is 11.6 Å². The van der Waals surface area contributed by atoms with Gasteiger partial charge < -0.3 is 14.5 Å². The first-order chi connectivity index (χ1) is 16.5. The highest BCUT2D eigenvalue weighted by molar-refractivity contribution is 7.92. The third kappa shape index (κ3) is 3.33. The summed E-state index contributed by atoms with van der Waals surface area (Å²) in [5.74, 6) is 1.25. The quantitative estimate of drug-likeness (QED) is 0.353. The van der Waals surface area contributed by atoms with Gasteiger partial charge in [-0.15, -0.1) is 0 Å². The van der Waals surface area contributed by atoms with Crippen LogP contribution < -0.4 is 9.64 Å². The molecule has 4 aromatic rings. The van der Waals surface area contributed by atoms with Gasteiger partial charge in [0.25, 0.3) is 0 Å². The summed E-state index contributed by atoms with van der Waals surface area (Å²) in [5, 5.41) is 0. The average Bonchev–Trinajstić information content (AvgIpc) is 3.35. The fraction of sp³-hybridized carbons (Fsp3) is 0.0741. The van der Waals surface area contributed by atoms with E-state index >= 15 is 0 Å². The van der Waals surface area contributed by atoms with Crippen LogP contribution in [0.15, 0.2) is 107 Å². The second-order valence-corrected chi connectivity index (χ2v) is 10.2. The van der Waals surface area contributed by atoms with E-state index < -0.39 is 9.84 Å². The zero-order valence-corrected chi connectivity index (χ0v) is 19.2. The lowest BCUT2D eigenvalue weighted by Crippen LogP contribution is -2.22. The van der Waals surface area contributed by atoms with Gasteiger partial charge in [0, 0.05) is 54.0 Å². The van der Waals surface area contributed by atoms with Gasteiger partial charge >= 0.3 is 0 Å². The maximum Gasteiger partial charge on any atom is 0.219 e. The van der Waals surface area contributed by atoms with E-state index in [-0.39, 0.29) is 0 Å². The van der Waals surface area contributed by atoms with Crippen LogP contribution in [-0.4, -0.2) is 32.0 Å². The second-order valence-electron chi connectivity index (χ2n) is 8.30. The van der Waals surface area contributed by atoms with Gasteiger partial charge in [-0.05, 0) is 36.4 Å². The Labute approximate surface area is 198 Å². The highest BCUT2D eigenvalue weighted by Gasteiger charge is 2.33. The summed E-state index contributed by atoms with van der Waals surface area (Å²) >= 11 is 0. The van der Waals surface area contributed by atoms with Crippen molar-refractivity contribution in [2.75, 3.05) is 18.6 Å². The molecule has 7 heteroatoms. The van der Waals surface area contributed by atoms with E-state index in [4.69, 9.17) is 4.74 Å². The first-order valence-electron chi connectivity index (χ1n) is 10.9. The smallest absolute Gasteiger partial charge is 0.219 e. The van der Waals surface area contributed by atoms with Crippen molar-refractivity contribution in [1.29, 1.82) is 0 Å². The van der Waals surface area contributed by atoms with Gasteiger partial charge in [-0.1, -0.05) is 36.4 Å². The van der Waals surface area contributed by atoms with Gasteiger partial charge in [0.1, 0.15) is 5.75 Å². The number of anilines is 1. The number of rotatable bonds is 4. The van der Waals surface area contributed by atoms with Crippen molar-refractivity contribution in [3.8, 4) is 22.8 Å². The van der Waals surface area contributed by atoms with Crippen molar-refractivity contribution in [1.82, 2.24) is 9.88 Å². The molecule has 0 amide bonds. The van der Waals surface area contributed by atoms with Crippen LogP contribution in [-0.2, 0) is 9.84 Å². The molecular formula is C27H21N3O3S. The van der Waals surface area contributed by atoms with Crippen LogP contribution in [0.4, 0.5) is 5.69 Å². The van der Waals surface area contributed by atoms with Crippen LogP contribution in [0.25, 0.3) is 16.8 Å². The molecule has 3 aromatic carbocycles. The number of fused-ring (bicyclic) bond motifs is 3. The molecule has 0 aliphatic carbocycles. The lowest BCUT2D eigenvalue weighted by molar-refractivity contribution is 0.462. The molecule has 168 valence electrons. The fourth-order valence-electron chi connectivity index (χ4n) is 4.47. The van der Waals surface area contributed by atoms with Crippen LogP contribution in [0.2, 0.25) is 0 Å². The van der Waals surface area contributed by atoms with E-state index in [1.165, 1.54) is 0 Å². The summed E-state index contributed by atoms with van der Waals surface area (Å²) in [7, 11) is -1.44. The number of hydrogen-bond acceptors (Lipinski definition) is 6. The standard InChI is InChI=1S/C27H21N3O3S/c1-29-18-30(20-7-6-8-21(16-20)33-27-11-4-5-14-28-27)17-24(29)19-12-13-26-23(15-19)22-9-2-3-10-25(22)34(26,31)32/h2-17H,18H2,1H3. The number of hydrogen-bond donors (Lipinski definition) is 0. The van der Waals surface area contributed by atoms with Crippen molar-refractivity contribution in [3.05, 3.63) is 103 Å². The molecule has 0 radical (unpaired) electrons. The predicted molar refractivity (Wildman–Crippen MR) is 131 cm³/mol. The molecule has 0 unspecified atom stereocenters. The maximum absolute atomic E-state index is 12.9. The lowest BCUT2D eigenvalue weighted by Gasteiger charge is -2.20. The molecular weight excluding hydrogens is 446 g/mol. The van der Waals surface area contributed by atoms with Gasteiger partial charge in [-0.25, -0.2) is 13.4 Å². The number of aromatic nitrogens is 1. The SMILES string of the molecule is CN1CN(c2cccc(Oc3ccccn3)c2)C=C1c1ccc2c(c1)-c1ccccc1S2(=O)=O. The Bertz CT molecular complexity index is 1550. The Hall–Kier alpha value is -4.10. The highest BCUT2D eigenvalue weighted by atomic mass is 32.2. The van der Waals surface area contributed by atoms with E-state index in [0.717, 1.165) is 28.1 Å². The van der Waals surface area contributed by atoms with E-state index in [1.807, 2.05) is 73.8 Å². The maximum atomic E-state index is 12.9.